The van der Waals surface area contributed by atoms with Crippen molar-refractivity contribution in [1.82, 2.24) is 0 Å². The summed E-state index contributed by atoms with van der Waals surface area (Å²) in [5.74, 6) is 0. The smallest absolute Gasteiger partial charge is 0.239 e. The van der Waals surface area contributed by atoms with Crippen LogP contribution in [-0.2, 0) is 0 Å². The van der Waals surface area contributed by atoms with E-state index in [0.29, 0.717) is 17.8 Å². The molecule has 0 amide bonds. The Morgan fingerprint density at radius 3 is 2.78 bits per heavy atom. The van der Waals surface area contributed by atoms with Gasteiger partial charge in [0.25, 0.3) is 0 Å². The van der Waals surface area contributed by atoms with E-state index < -0.39 is 0 Å². The minimum absolute atomic E-state index is 0.180. The lowest BCUT2D eigenvalue weighted by molar-refractivity contribution is -0.525. The van der Waals surface area contributed by atoms with Gasteiger partial charge in [0.15, 0.2) is 0 Å². The van der Waals surface area contributed by atoms with E-state index in [1.165, 1.54) is 0 Å². The van der Waals surface area contributed by atoms with E-state index in [1.54, 1.807) is 6.08 Å². The minimum atomic E-state index is -0.180. The molecule has 0 saturated carbocycles. The molecular weight excluding hydrogens is 228 g/mol. The maximum absolute atomic E-state index is 11.9. The fourth-order valence-corrected chi connectivity index (χ4v) is 1.87. The third-order valence-corrected chi connectivity index (χ3v) is 2.91. The molecule has 0 aliphatic carbocycles. The zero-order valence-electron chi connectivity index (χ0n) is 10.2. The summed E-state index contributed by atoms with van der Waals surface area (Å²) in [6.07, 6.45) is 5.75. The van der Waals surface area contributed by atoms with E-state index >= 15 is 0 Å². The zero-order valence-corrected chi connectivity index (χ0v) is 10.2. The van der Waals surface area contributed by atoms with Crippen molar-refractivity contribution in [2.45, 2.75) is 19.4 Å². The van der Waals surface area contributed by atoms with E-state index in [4.69, 9.17) is 5.21 Å². The summed E-state index contributed by atoms with van der Waals surface area (Å²) < 4.78 is 0.939. The van der Waals surface area contributed by atoms with Crippen LogP contribution in [-0.4, -0.2) is 21.7 Å². The fraction of sp³-hybridized carbons (Fsp3) is 0.214. The molecule has 0 spiro atoms. The second kappa shape index (κ2) is 5.40. The number of allylic oxidation sites excluding steroid dienone is 3. The highest BCUT2D eigenvalue weighted by molar-refractivity contribution is 6.01. The molecule has 1 aliphatic rings. The normalized spacial score (nSPS) is 19.8. The van der Waals surface area contributed by atoms with Gasteiger partial charge in [-0.3, -0.25) is 0 Å². The van der Waals surface area contributed by atoms with Crippen molar-refractivity contribution in [1.29, 1.82) is 0 Å². The molecule has 0 bridgehead atoms. The summed E-state index contributed by atoms with van der Waals surface area (Å²) >= 11 is 0. The Kier molecular flexibility index (Phi) is 3.67. The zero-order chi connectivity index (χ0) is 13.0. The van der Waals surface area contributed by atoms with Gasteiger partial charge in [-0.05, 0) is 11.6 Å². The van der Waals surface area contributed by atoms with Crippen LogP contribution in [0.3, 0.4) is 0 Å². The lowest BCUT2D eigenvalue weighted by Gasteiger charge is -2.07. The van der Waals surface area contributed by atoms with Crippen LogP contribution in [0.1, 0.15) is 18.9 Å². The third-order valence-electron chi connectivity index (χ3n) is 2.91. The largest absolute Gasteiger partial charge is 0.411 e. The van der Waals surface area contributed by atoms with E-state index in [2.05, 4.69) is 5.16 Å². The van der Waals surface area contributed by atoms with Crippen LogP contribution in [0.5, 0.6) is 0 Å². The first-order valence-corrected chi connectivity index (χ1v) is 5.82. The Morgan fingerprint density at radius 1 is 1.39 bits per heavy atom. The Labute approximate surface area is 106 Å². The first-order valence-electron chi connectivity index (χ1n) is 5.82. The van der Waals surface area contributed by atoms with Crippen LogP contribution in [0.15, 0.2) is 59.4 Å². The second-order valence-electron chi connectivity index (χ2n) is 4.20. The summed E-state index contributed by atoms with van der Waals surface area (Å²) in [5, 5.41) is 12.4. The summed E-state index contributed by atoms with van der Waals surface area (Å²) in [5.41, 5.74) is 1.91. The van der Waals surface area contributed by atoms with Crippen LogP contribution in [0, 0.1) is 4.91 Å². The van der Waals surface area contributed by atoms with Gasteiger partial charge in [0.1, 0.15) is 0 Å². The standard InChI is InChI=1S/C14H14N2O2/c1-11-6-5-9-13(16(11)18)10-14(15-17)12-7-3-2-4-8-12/h2-9,11H,10H2,1H3/p+1/b15-14-. The molecular formula is C14H15N2O2+. The lowest BCUT2D eigenvalue weighted by Crippen LogP contribution is -2.22. The Morgan fingerprint density at radius 2 is 2.11 bits per heavy atom. The molecule has 0 radical (unpaired) electrons. The highest BCUT2D eigenvalue weighted by Crippen LogP contribution is 2.16. The van der Waals surface area contributed by atoms with Gasteiger partial charge in [0.05, 0.1) is 12.1 Å². The van der Waals surface area contributed by atoms with Gasteiger partial charge in [-0.1, -0.05) is 41.6 Å². The molecule has 1 atom stereocenters. The molecule has 1 unspecified atom stereocenters. The van der Waals surface area contributed by atoms with Crippen LogP contribution < -0.4 is 0 Å². The number of hydrogen-bond acceptors (Lipinski definition) is 3. The molecule has 1 aliphatic heterocycles. The first kappa shape index (κ1) is 12.2. The van der Waals surface area contributed by atoms with Crippen molar-refractivity contribution < 1.29 is 9.97 Å². The van der Waals surface area contributed by atoms with Crippen molar-refractivity contribution >= 4 is 5.71 Å². The van der Waals surface area contributed by atoms with Crippen LogP contribution in [0.25, 0.3) is 0 Å². The lowest BCUT2D eigenvalue weighted by atomic mass is 10.0. The van der Waals surface area contributed by atoms with Crippen LogP contribution >= 0.6 is 0 Å². The molecule has 4 nitrogen and oxygen atoms in total. The van der Waals surface area contributed by atoms with Gasteiger partial charge >= 0.3 is 0 Å². The average Bonchev–Trinajstić information content (AvgIpc) is 2.41. The number of hydrogen-bond donors (Lipinski definition) is 1. The molecule has 0 saturated heterocycles. The fourth-order valence-electron chi connectivity index (χ4n) is 1.87. The molecule has 1 aromatic carbocycles. The van der Waals surface area contributed by atoms with Gasteiger partial charge in [0, 0.05) is 22.7 Å². The number of nitroso groups, excluding NO2 is 1. The topological polar surface area (TPSA) is 52.7 Å². The highest BCUT2D eigenvalue weighted by atomic mass is 16.4. The monoisotopic (exact) mass is 243 g/mol. The third kappa shape index (κ3) is 2.53. The maximum atomic E-state index is 11.9. The molecule has 92 valence electrons. The van der Waals surface area contributed by atoms with Crippen molar-refractivity contribution in [2.24, 2.45) is 5.16 Å². The minimum Gasteiger partial charge on any atom is -0.411 e. The molecule has 1 aromatic rings. The van der Waals surface area contributed by atoms with Crippen LogP contribution in [0.2, 0.25) is 0 Å². The summed E-state index contributed by atoms with van der Waals surface area (Å²) in [6, 6.07) is 9.16. The van der Waals surface area contributed by atoms with E-state index in [-0.39, 0.29) is 6.04 Å². The summed E-state index contributed by atoms with van der Waals surface area (Å²) in [7, 11) is 0. The van der Waals surface area contributed by atoms with Gasteiger partial charge in [-0.15, -0.1) is 0 Å². The van der Waals surface area contributed by atoms with Gasteiger partial charge in [-0.2, -0.15) is 0 Å². The van der Waals surface area contributed by atoms with Gasteiger partial charge in [-0.25, -0.2) is 0 Å². The van der Waals surface area contributed by atoms with Crippen molar-refractivity contribution in [3.8, 4) is 0 Å². The second-order valence-corrected chi connectivity index (χ2v) is 4.20. The molecule has 4 heteroatoms. The van der Waals surface area contributed by atoms with Gasteiger partial charge in [0.2, 0.25) is 11.7 Å². The number of benzene rings is 1. The average molecular weight is 243 g/mol. The van der Waals surface area contributed by atoms with Crippen molar-refractivity contribution in [3.63, 3.8) is 0 Å². The van der Waals surface area contributed by atoms with E-state index in [1.807, 2.05) is 49.4 Å². The maximum Gasteiger partial charge on any atom is 0.239 e. The molecule has 2 rings (SSSR count). The molecule has 18 heavy (non-hydrogen) atoms. The predicted octanol–water partition coefficient (Wildman–Crippen LogP) is 2.88. The highest BCUT2D eigenvalue weighted by Gasteiger charge is 2.27. The Bertz CT molecular complexity index is 530. The quantitative estimate of drug-likeness (QED) is 0.384. The SMILES string of the molecule is CC1C=CC=C(C/C(=N/O)c2ccccc2)[N+]1=O. The summed E-state index contributed by atoms with van der Waals surface area (Å²) in [6.45, 7) is 1.83. The van der Waals surface area contributed by atoms with E-state index in [9.17, 15) is 4.91 Å². The molecule has 0 aromatic heterocycles. The number of oxime groups is 1. The predicted molar refractivity (Wildman–Crippen MR) is 69.7 cm³/mol. The van der Waals surface area contributed by atoms with Crippen molar-refractivity contribution in [3.05, 3.63) is 64.7 Å². The first-order chi connectivity index (χ1) is 8.72. The molecule has 1 N–H and O–H groups in total. The van der Waals surface area contributed by atoms with Crippen molar-refractivity contribution in [2.75, 3.05) is 0 Å². The number of rotatable bonds is 3. The summed E-state index contributed by atoms with van der Waals surface area (Å²) in [4.78, 5) is 11.9. The van der Waals surface area contributed by atoms with E-state index in [0.717, 1.165) is 10.3 Å². The van der Waals surface area contributed by atoms with Crippen LogP contribution in [0.4, 0.5) is 0 Å². The Hall–Kier alpha value is -2.23. The molecule has 1 heterocycles. The number of nitrogens with zero attached hydrogens (tertiary/aromatic N) is 2. The Balaban J connectivity index is 2.21. The molecule has 0 fully saturated rings. The van der Waals surface area contributed by atoms with Gasteiger partial charge < -0.3 is 5.21 Å².